The molecule has 0 atom stereocenters. The van der Waals surface area contributed by atoms with Gasteiger partial charge in [0.25, 0.3) is 5.91 Å². The summed E-state index contributed by atoms with van der Waals surface area (Å²) in [5.74, 6) is 1.09. The smallest absolute Gasteiger partial charge is 0.274 e. The molecule has 0 radical (unpaired) electrons. The first-order valence-corrected chi connectivity index (χ1v) is 7.71. The predicted octanol–water partition coefficient (Wildman–Crippen LogP) is 2.68. The number of fused-ring (bicyclic) bond motifs is 1. The van der Waals surface area contributed by atoms with E-state index in [0.717, 1.165) is 5.69 Å². The van der Waals surface area contributed by atoms with E-state index < -0.39 is 0 Å². The van der Waals surface area contributed by atoms with Gasteiger partial charge in [0.2, 0.25) is 0 Å². The van der Waals surface area contributed by atoms with Crippen LogP contribution in [-0.2, 0) is 0 Å². The zero-order valence-corrected chi connectivity index (χ0v) is 12.5. The van der Waals surface area contributed by atoms with Crippen LogP contribution in [0.5, 0.6) is 11.5 Å². The first kappa shape index (κ1) is 13.9. The molecule has 1 fully saturated rings. The minimum Gasteiger partial charge on any atom is -0.486 e. The molecule has 1 aromatic heterocycles. The van der Waals surface area contributed by atoms with E-state index in [1.807, 2.05) is 6.07 Å². The summed E-state index contributed by atoms with van der Waals surface area (Å²) in [7, 11) is 0. The molecule has 0 bridgehead atoms. The number of nitrogens with one attached hydrogen (secondary N) is 2. The first-order chi connectivity index (χ1) is 11.3. The van der Waals surface area contributed by atoms with Crippen LogP contribution in [0.3, 0.4) is 0 Å². The molecule has 1 aliphatic heterocycles. The number of carbonyl (C=O) groups is 1. The van der Waals surface area contributed by atoms with E-state index in [4.69, 9.17) is 9.47 Å². The number of ether oxygens (including phenoxy) is 2. The van der Waals surface area contributed by atoms with Gasteiger partial charge in [0.15, 0.2) is 11.5 Å². The highest BCUT2D eigenvalue weighted by atomic mass is 16.6. The molecule has 4 rings (SSSR count). The Morgan fingerprint density at radius 1 is 1.04 bits per heavy atom. The highest BCUT2D eigenvalue weighted by Crippen LogP contribution is 2.32. The normalized spacial score (nSPS) is 15.8. The summed E-state index contributed by atoms with van der Waals surface area (Å²) in [5, 5.41) is 6.20. The lowest BCUT2D eigenvalue weighted by Gasteiger charge is -2.19. The van der Waals surface area contributed by atoms with Gasteiger partial charge in [-0.15, -0.1) is 0 Å². The maximum Gasteiger partial charge on any atom is 0.274 e. The summed E-state index contributed by atoms with van der Waals surface area (Å²) in [6.45, 7) is 1.06. The maximum absolute atomic E-state index is 12.4. The molecule has 1 aliphatic carbocycles. The average Bonchev–Trinajstić information content (AvgIpc) is 3.39. The van der Waals surface area contributed by atoms with Crippen LogP contribution in [0.2, 0.25) is 0 Å². The zero-order chi connectivity index (χ0) is 15.6. The molecule has 1 amide bonds. The van der Waals surface area contributed by atoms with Crippen molar-refractivity contribution in [3.63, 3.8) is 0 Å². The minimum atomic E-state index is -0.249. The van der Waals surface area contributed by atoms with Crippen LogP contribution in [0.1, 0.15) is 23.3 Å². The number of hydrogen-bond acceptors (Lipinski definition) is 5. The molecule has 2 N–H and O–H groups in total. The van der Waals surface area contributed by atoms with E-state index >= 15 is 0 Å². The molecule has 0 unspecified atom stereocenters. The van der Waals surface area contributed by atoms with Gasteiger partial charge >= 0.3 is 0 Å². The van der Waals surface area contributed by atoms with Crippen molar-refractivity contribution < 1.29 is 14.3 Å². The molecular formula is C17H17N3O3. The Balaban J connectivity index is 1.48. The molecule has 1 saturated carbocycles. The second-order valence-corrected chi connectivity index (χ2v) is 5.66. The van der Waals surface area contributed by atoms with Gasteiger partial charge in [-0.05, 0) is 37.1 Å². The van der Waals surface area contributed by atoms with Gasteiger partial charge < -0.3 is 20.1 Å². The number of anilines is 2. The summed E-state index contributed by atoms with van der Waals surface area (Å²) in [5.41, 5.74) is 1.96. The average molecular weight is 311 g/mol. The summed E-state index contributed by atoms with van der Waals surface area (Å²) in [6, 6.07) is 9.52. The number of pyridine rings is 1. The Morgan fingerprint density at radius 2 is 1.87 bits per heavy atom. The highest BCUT2D eigenvalue weighted by molar-refractivity contribution is 6.03. The summed E-state index contributed by atoms with van der Waals surface area (Å²) in [4.78, 5) is 16.5. The molecule has 6 heteroatoms. The third-order valence-electron chi connectivity index (χ3n) is 3.74. The van der Waals surface area contributed by atoms with Gasteiger partial charge in [-0.2, -0.15) is 0 Å². The predicted molar refractivity (Wildman–Crippen MR) is 86.3 cm³/mol. The van der Waals surface area contributed by atoms with Crippen molar-refractivity contribution in [2.45, 2.75) is 18.9 Å². The number of benzene rings is 1. The Bertz CT molecular complexity index is 744. The van der Waals surface area contributed by atoms with E-state index in [2.05, 4.69) is 15.6 Å². The molecule has 1 aromatic carbocycles. The number of aromatic nitrogens is 1. The Morgan fingerprint density at radius 3 is 2.70 bits per heavy atom. The third-order valence-corrected chi connectivity index (χ3v) is 3.74. The number of nitrogens with zero attached hydrogens (tertiary/aromatic N) is 1. The number of carbonyl (C=O) groups excluding carboxylic acids is 1. The van der Waals surface area contributed by atoms with E-state index in [-0.39, 0.29) is 5.91 Å². The molecule has 6 nitrogen and oxygen atoms in total. The number of hydrogen-bond donors (Lipinski definition) is 2. The van der Waals surface area contributed by atoms with Crippen molar-refractivity contribution >= 4 is 17.3 Å². The monoisotopic (exact) mass is 311 g/mol. The van der Waals surface area contributed by atoms with E-state index in [1.165, 1.54) is 12.8 Å². The molecule has 0 saturated heterocycles. The highest BCUT2D eigenvalue weighted by Gasteiger charge is 2.21. The SMILES string of the molecule is O=C(Nc1ccc2c(c1)OCCO2)c1cc(NC2CC2)ccn1. The van der Waals surface area contributed by atoms with Crippen LogP contribution in [0.25, 0.3) is 0 Å². The lowest BCUT2D eigenvalue weighted by Crippen LogP contribution is -2.17. The van der Waals surface area contributed by atoms with Crippen molar-refractivity contribution in [1.29, 1.82) is 0 Å². The van der Waals surface area contributed by atoms with Crippen molar-refractivity contribution in [3.8, 4) is 11.5 Å². The van der Waals surface area contributed by atoms with Crippen LogP contribution < -0.4 is 20.1 Å². The van der Waals surface area contributed by atoms with Crippen molar-refractivity contribution in [3.05, 3.63) is 42.2 Å². The quantitative estimate of drug-likeness (QED) is 0.908. The van der Waals surface area contributed by atoms with Crippen LogP contribution in [0, 0.1) is 0 Å². The van der Waals surface area contributed by atoms with Crippen molar-refractivity contribution in [2.24, 2.45) is 0 Å². The van der Waals surface area contributed by atoms with Crippen molar-refractivity contribution in [1.82, 2.24) is 4.98 Å². The van der Waals surface area contributed by atoms with Crippen LogP contribution in [0.4, 0.5) is 11.4 Å². The van der Waals surface area contributed by atoms with Crippen LogP contribution in [0.15, 0.2) is 36.5 Å². The lowest BCUT2D eigenvalue weighted by molar-refractivity contribution is 0.102. The number of amides is 1. The second-order valence-electron chi connectivity index (χ2n) is 5.66. The largest absolute Gasteiger partial charge is 0.486 e. The van der Waals surface area contributed by atoms with Gasteiger partial charge in [0.1, 0.15) is 18.9 Å². The topological polar surface area (TPSA) is 72.5 Å². The molecule has 23 heavy (non-hydrogen) atoms. The zero-order valence-electron chi connectivity index (χ0n) is 12.5. The molecule has 2 heterocycles. The van der Waals surface area contributed by atoms with E-state index in [9.17, 15) is 4.79 Å². The van der Waals surface area contributed by atoms with E-state index in [0.29, 0.717) is 42.1 Å². The molecule has 118 valence electrons. The van der Waals surface area contributed by atoms with Crippen molar-refractivity contribution in [2.75, 3.05) is 23.8 Å². The molecule has 2 aliphatic rings. The fraction of sp³-hybridized carbons (Fsp3) is 0.294. The minimum absolute atomic E-state index is 0.249. The Kier molecular flexibility index (Phi) is 3.49. The van der Waals surface area contributed by atoms with Gasteiger partial charge in [-0.25, -0.2) is 0 Å². The molecule has 0 spiro atoms. The maximum atomic E-state index is 12.4. The summed E-state index contributed by atoms with van der Waals surface area (Å²) >= 11 is 0. The molecular weight excluding hydrogens is 294 g/mol. The van der Waals surface area contributed by atoms with Crippen LogP contribution in [-0.4, -0.2) is 30.1 Å². The standard InChI is InChI=1S/C17H17N3O3/c21-17(14-9-13(5-6-18-14)19-11-1-2-11)20-12-3-4-15-16(10-12)23-8-7-22-15/h3-6,9-11H,1-2,7-8H2,(H,18,19)(H,20,21). The Hall–Kier alpha value is -2.76. The number of rotatable bonds is 4. The summed E-state index contributed by atoms with van der Waals surface area (Å²) < 4.78 is 11.0. The van der Waals surface area contributed by atoms with E-state index in [1.54, 1.807) is 30.5 Å². The molecule has 2 aromatic rings. The summed E-state index contributed by atoms with van der Waals surface area (Å²) in [6.07, 6.45) is 4.01. The third kappa shape index (κ3) is 3.21. The fourth-order valence-electron chi connectivity index (χ4n) is 2.42. The van der Waals surface area contributed by atoms with Crippen LogP contribution >= 0.6 is 0 Å². The fourth-order valence-corrected chi connectivity index (χ4v) is 2.42. The first-order valence-electron chi connectivity index (χ1n) is 7.71. The van der Waals surface area contributed by atoms with Gasteiger partial charge in [-0.1, -0.05) is 0 Å². The van der Waals surface area contributed by atoms with Gasteiger partial charge in [0.05, 0.1) is 0 Å². The lowest BCUT2D eigenvalue weighted by atomic mass is 10.2. The Labute approximate surface area is 133 Å². The second kappa shape index (κ2) is 5.79. The van der Waals surface area contributed by atoms with Gasteiger partial charge in [-0.3, -0.25) is 9.78 Å². The van der Waals surface area contributed by atoms with Gasteiger partial charge in [0, 0.05) is 29.7 Å².